The average molecular weight is 388 g/mol. The largest absolute Gasteiger partial charge is 0.337 e. The van der Waals surface area contributed by atoms with Crippen LogP contribution in [0.5, 0.6) is 0 Å². The Morgan fingerprint density at radius 2 is 1.90 bits per heavy atom. The normalized spacial score (nSPS) is 11.2. The summed E-state index contributed by atoms with van der Waals surface area (Å²) in [6, 6.07) is 13.0. The summed E-state index contributed by atoms with van der Waals surface area (Å²) in [6.45, 7) is 0.117. The van der Waals surface area contributed by atoms with Crippen LogP contribution in [-0.2, 0) is 6.54 Å². The molecule has 0 spiro atoms. The molecular weight excluding hydrogens is 375 g/mol. The molecule has 5 rings (SSSR count). The summed E-state index contributed by atoms with van der Waals surface area (Å²) in [5, 5.41) is 8.30. The fraction of sp³-hybridized carbons (Fsp3) is 0.0500. The quantitative estimate of drug-likeness (QED) is 0.470. The van der Waals surface area contributed by atoms with Gasteiger partial charge in [0, 0.05) is 24.2 Å². The van der Waals surface area contributed by atoms with Crippen molar-refractivity contribution in [3.63, 3.8) is 0 Å². The lowest BCUT2D eigenvalue weighted by Crippen LogP contribution is -2.21. The number of rotatable bonds is 4. The Balaban J connectivity index is 1.47. The van der Waals surface area contributed by atoms with Crippen LogP contribution in [0.4, 0.5) is 4.39 Å². The van der Waals surface area contributed by atoms with E-state index in [-0.39, 0.29) is 23.8 Å². The summed E-state index contributed by atoms with van der Waals surface area (Å²) in [5.74, 6) is 0.317. The van der Waals surface area contributed by atoms with Gasteiger partial charge in [-0.3, -0.25) is 9.78 Å². The molecule has 0 radical (unpaired) electrons. The first-order valence-electron chi connectivity index (χ1n) is 8.76. The van der Waals surface area contributed by atoms with Gasteiger partial charge in [0.15, 0.2) is 0 Å². The molecular formula is C20H13FN6O2. The van der Waals surface area contributed by atoms with Crippen molar-refractivity contribution in [1.29, 1.82) is 0 Å². The van der Waals surface area contributed by atoms with Gasteiger partial charge in [0.1, 0.15) is 23.6 Å². The number of aromatic nitrogens is 6. The van der Waals surface area contributed by atoms with E-state index in [2.05, 4.69) is 20.2 Å². The zero-order chi connectivity index (χ0) is 19.8. The summed E-state index contributed by atoms with van der Waals surface area (Å²) in [4.78, 5) is 21.3. The minimum atomic E-state index is -0.329. The van der Waals surface area contributed by atoms with Crippen LogP contribution in [0.25, 0.3) is 28.3 Å². The second-order valence-electron chi connectivity index (χ2n) is 6.32. The number of fused-ring (bicyclic) bond motifs is 1. The highest BCUT2D eigenvalue weighted by Gasteiger charge is 2.13. The smallest absolute Gasteiger partial charge is 0.277 e. The maximum absolute atomic E-state index is 13.1. The van der Waals surface area contributed by atoms with Gasteiger partial charge >= 0.3 is 0 Å². The molecule has 0 unspecified atom stereocenters. The Hall–Kier alpha value is -4.14. The summed E-state index contributed by atoms with van der Waals surface area (Å²) in [7, 11) is 0. The van der Waals surface area contributed by atoms with E-state index >= 15 is 0 Å². The second kappa shape index (κ2) is 6.79. The fourth-order valence-electron chi connectivity index (χ4n) is 2.98. The molecule has 0 fully saturated rings. The van der Waals surface area contributed by atoms with E-state index in [1.807, 2.05) is 6.07 Å². The SMILES string of the molecule is O=c1c2cc(-c3ccc(F)cc3)nn2ccn1Cc1nc(-c2ccccn2)no1. The average Bonchev–Trinajstić information content (AvgIpc) is 3.39. The first-order chi connectivity index (χ1) is 14.2. The third-order valence-corrected chi connectivity index (χ3v) is 4.41. The Bertz CT molecular complexity index is 1360. The van der Waals surface area contributed by atoms with Gasteiger partial charge in [-0.05, 0) is 42.5 Å². The highest BCUT2D eigenvalue weighted by molar-refractivity contribution is 5.65. The van der Waals surface area contributed by atoms with E-state index in [0.29, 0.717) is 22.7 Å². The van der Waals surface area contributed by atoms with E-state index < -0.39 is 0 Å². The van der Waals surface area contributed by atoms with Gasteiger partial charge in [-0.15, -0.1) is 0 Å². The molecule has 0 aliphatic heterocycles. The second-order valence-corrected chi connectivity index (χ2v) is 6.32. The standard InChI is InChI=1S/C20H13FN6O2/c21-14-6-4-13(5-7-14)16-11-17-20(28)26(9-10-27(17)24-16)12-18-23-19(25-29-18)15-3-1-2-8-22-15/h1-11H,12H2. The summed E-state index contributed by atoms with van der Waals surface area (Å²) >= 11 is 0. The molecule has 0 aliphatic rings. The molecule has 0 saturated heterocycles. The van der Waals surface area contributed by atoms with Crippen molar-refractivity contribution < 1.29 is 8.91 Å². The van der Waals surface area contributed by atoms with Gasteiger partial charge in [-0.1, -0.05) is 11.2 Å². The number of hydrogen-bond acceptors (Lipinski definition) is 6. The van der Waals surface area contributed by atoms with Gasteiger partial charge in [0.2, 0.25) is 11.7 Å². The minimum absolute atomic E-state index is 0.117. The molecule has 1 aromatic carbocycles. The number of nitrogens with zero attached hydrogens (tertiary/aromatic N) is 6. The van der Waals surface area contributed by atoms with Crippen LogP contribution in [0.3, 0.4) is 0 Å². The van der Waals surface area contributed by atoms with Gasteiger partial charge in [0.25, 0.3) is 5.56 Å². The predicted octanol–water partition coefficient (Wildman–Crippen LogP) is 2.80. The number of pyridine rings is 1. The first kappa shape index (κ1) is 17.0. The van der Waals surface area contributed by atoms with Crippen LogP contribution in [0.1, 0.15) is 5.89 Å². The maximum atomic E-state index is 13.1. The monoisotopic (exact) mass is 388 g/mol. The van der Waals surface area contributed by atoms with Crippen molar-refractivity contribution in [1.82, 2.24) is 29.3 Å². The Kier molecular flexibility index (Phi) is 3.98. The summed E-state index contributed by atoms with van der Waals surface area (Å²) < 4.78 is 21.3. The molecule has 4 heterocycles. The lowest BCUT2D eigenvalue weighted by molar-refractivity contribution is 0.370. The van der Waals surface area contributed by atoms with E-state index in [9.17, 15) is 9.18 Å². The molecule has 0 amide bonds. The summed E-state index contributed by atoms with van der Waals surface area (Å²) in [6.07, 6.45) is 4.91. The van der Waals surface area contributed by atoms with Crippen LogP contribution in [-0.4, -0.2) is 29.3 Å². The zero-order valence-electron chi connectivity index (χ0n) is 14.9. The molecule has 9 heteroatoms. The van der Waals surface area contributed by atoms with Gasteiger partial charge in [-0.25, -0.2) is 8.91 Å². The number of halogens is 1. The van der Waals surface area contributed by atoms with E-state index in [0.717, 1.165) is 5.56 Å². The molecule has 8 nitrogen and oxygen atoms in total. The number of benzene rings is 1. The van der Waals surface area contributed by atoms with E-state index in [1.54, 1.807) is 48.9 Å². The molecule has 0 aliphatic carbocycles. The third kappa shape index (κ3) is 3.18. The van der Waals surface area contributed by atoms with Gasteiger partial charge in [-0.2, -0.15) is 10.1 Å². The summed E-state index contributed by atoms with van der Waals surface area (Å²) in [5.41, 5.74) is 2.01. The molecule has 4 aromatic heterocycles. The van der Waals surface area contributed by atoms with Crippen molar-refractivity contribution in [2.45, 2.75) is 6.54 Å². The van der Waals surface area contributed by atoms with Crippen LogP contribution in [0.15, 0.2) is 76.4 Å². The lowest BCUT2D eigenvalue weighted by Gasteiger charge is -2.01. The highest BCUT2D eigenvalue weighted by Crippen LogP contribution is 2.19. The highest BCUT2D eigenvalue weighted by atomic mass is 19.1. The van der Waals surface area contributed by atoms with Crippen molar-refractivity contribution in [3.05, 3.63) is 89.2 Å². The maximum Gasteiger partial charge on any atom is 0.277 e. The van der Waals surface area contributed by atoms with Crippen molar-refractivity contribution in [2.24, 2.45) is 0 Å². The fourth-order valence-corrected chi connectivity index (χ4v) is 2.98. The topological polar surface area (TPSA) is 91.1 Å². The Morgan fingerprint density at radius 1 is 1.03 bits per heavy atom. The van der Waals surface area contributed by atoms with Crippen LogP contribution in [0, 0.1) is 5.82 Å². The molecule has 5 aromatic rings. The van der Waals surface area contributed by atoms with Crippen molar-refractivity contribution in [3.8, 4) is 22.8 Å². The molecule has 29 heavy (non-hydrogen) atoms. The van der Waals surface area contributed by atoms with Crippen molar-refractivity contribution >= 4 is 5.52 Å². The molecule has 0 bridgehead atoms. The Labute approximate surface area is 162 Å². The van der Waals surface area contributed by atoms with Crippen LogP contribution >= 0.6 is 0 Å². The van der Waals surface area contributed by atoms with Crippen molar-refractivity contribution in [2.75, 3.05) is 0 Å². The molecule has 0 atom stereocenters. The molecule has 0 N–H and O–H groups in total. The van der Waals surface area contributed by atoms with E-state index in [4.69, 9.17) is 4.52 Å². The zero-order valence-corrected chi connectivity index (χ0v) is 14.9. The van der Waals surface area contributed by atoms with Gasteiger partial charge in [0.05, 0.1) is 5.69 Å². The lowest BCUT2D eigenvalue weighted by atomic mass is 10.1. The first-order valence-corrected chi connectivity index (χ1v) is 8.76. The van der Waals surface area contributed by atoms with Gasteiger partial charge < -0.3 is 9.09 Å². The molecule has 142 valence electrons. The Morgan fingerprint density at radius 3 is 2.69 bits per heavy atom. The molecule has 0 saturated carbocycles. The number of hydrogen-bond donors (Lipinski definition) is 0. The van der Waals surface area contributed by atoms with E-state index in [1.165, 1.54) is 21.2 Å². The third-order valence-electron chi connectivity index (χ3n) is 4.41. The minimum Gasteiger partial charge on any atom is -0.337 e. The van der Waals surface area contributed by atoms with Crippen LogP contribution < -0.4 is 5.56 Å². The predicted molar refractivity (Wildman–Crippen MR) is 101 cm³/mol. The van der Waals surface area contributed by atoms with Crippen LogP contribution in [0.2, 0.25) is 0 Å².